The molecule has 3 nitrogen and oxygen atoms in total. The Labute approximate surface area is 104 Å². The molecule has 0 aromatic carbocycles. The molecule has 2 aliphatic carbocycles. The van der Waals surface area contributed by atoms with Crippen molar-refractivity contribution in [3.8, 4) is 0 Å². The highest BCUT2D eigenvalue weighted by Gasteiger charge is 2.41. The van der Waals surface area contributed by atoms with Crippen LogP contribution in [0.5, 0.6) is 0 Å². The second-order valence-electron chi connectivity index (χ2n) is 5.66. The summed E-state index contributed by atoms with van der Waals surface area (Å²) in [4.78, 5) is 4.42. The van der Waals surface area contributed by atoms with Crippen LogP contribution in [0.15, 0.2) is 12.4 Å². The van der Waals surface area contributed by atoms with Crippen molar-refractivity contribution in [1.29, 1.82) is 0 Å². The first-order valence-corrected chi connectivity index (χ1v) is 7.13. The number of hydrogen-bond donors (Lipinski definition) is 1. The maximum Gasteiger partial charge on any atom is 0.202 e. The average molecular weight is 233 g/mol. The van der Waals surface area contributed by atoms with Gasteiger partial charge in [0.2, 0.25) is 5.95 Å². The molecule has 1 heterocycles. The van der Waals surface area contributed by atoms with Gasteiger partial charge in [-0.05, 0) is 49.9 Å². The smallest absolute Gasteiger partial charge is 0.202 e. The fourth-order valence-electron chi connectivity index (χ4n) is 2.87. The molecule has 1 aromatic heterocycles. The first-order chi connectivity index (χ1) is 8.38. The lowest BCUT2D eigenvalue weighted by atomic mass is 9.98. The fraction of sp³-hybridized carbons (Fsp3) is 0.786. The topological polar surface area (TPSA) is 29.9 Å². The molecule has 2 saturated carbocycles. The Bertz CT molecular complexity index is 351. The standard InChI is InChI=1S/C14H23N3/c1-2-8-17-9-7-15-14(17)16-10-13(11-3-4-11)12-5-6-12/h7,9,11-13H,2-6,8,10H2,1H3,(H,15,16). The van der Waals surface area contributed by atoms with E-state index >= 15 is 0 Å². The average Bonchev–Trinajstić information content (AvgIpc) is 3.21. The summed E-state index contributed by atoms with van der Waals surface area (Å²) in [6, 6.07) is 0. The van der Waals surface area contributed by atoms with Gasteiger partial charge in [0.05, 0.1) is 0 Å². The lowest BCUT2D eigenvalue weighted by molar-refractivity contribution is 0.426. The molecule has 0 atom stereocenters. The molecule has 0 radical (unpaired) electrons. The van der Waals surface area contributed by atoms with Gasteiger partial charge >= 0.3 is 0 Å². The maximum absolute atomic E-state index is 4.42. The molecule has 0 bridgehead atoms. The minimum Gasteiger partial charge on any atom is -0.355 e. The minimum absolute atomic E-state index is 0.918. The third-order valence-electron chi connectivity index (χ3n) is 4.13. The van der Waals surface area contributed by atoms with Crippen molar-refractivity contribution in [3.05, 3.63) is 12.4 Å². The monoisotopic (exact) mass is 233 g/mol. The van der Waals surface area contributed by atoms with Crippen molar-refractivity contribution in [2.45, 2.75) is 45.6 Å². The Hall–Kier alpha value is -0.990. The van der Waals surface area contributed by atoms with Crippen LogP contribution in [0.4, 0.5) is 5.95 Å². The van der Waals surface area contributed by atoms with E-state index in [1.54, 1.807) is 0 Å². The highest BCUT2D eigenvalue weighted by Crippen LogP contribution is 2.49. The molecule has 2 fully saturated rings. The summed E-state index contributed by atoms with van der Waals surface area (Å²) in [5, 5.41) is 3.57. The number of aromatic nitrogens is 2. The maximum atomic E-state index is 4.42. The lowest BCUT2D eigenvalue weighted by Gasteiger charge is -2.17. The third kappa shape index (κ3) is 2.64. The summed E-state index contributed by atoms with van der Waals surface area (Å²) in [5.41, 5.74) is 0. The van der Waals surface area contributed by atoms with Crippen LogP contribution in [0.1, 0.15) is 39.0 Å². The van der Waals surface area contributed by atoms with Gasteiger partial charge in [0.25, 0.3) is 0 Å². The first kappa shape index (κ1) is 11.1. The molecular formula is C14H23N3. The molecule has 3 heteroatoms. The molecule has 1 aromatic rings. The van der Waals surface area contributed by atoms with Crippen molar-refractivity contribution in [3.63, 3.8) is 0 Å². The number of nitrogens with zero attached hydrogens (tertiary/aromatic N) is 2. The van der Waals surface area contributed by atoms with E-state index < -0.39 is 0 Å². The second-order valence-corrected chi connectivity index (χ2v) is 5.66. The van der Waals surface area contributed by atoms with Gasteiger partial charge in [-0.3, -0.25) is 0 Å². The van der Waals surface area contributed by atoms with Gasteiger partial charge in [-0.2, -0.15) is 0 Å². The zero-order chi connectivity index (χ0) is 11.7. The van der Waals surface area contributed by atoms with Gasteiger partial charge < -0.3 is 9.88 Å². The molecule has 1 N–H and O–H groups in total. The van der Waals surface area contributed by atoms with Crippen LogP contribution < -0.4 is 5.32 Å². The Balaban J connectivity index is 1.56. The number of imidazole rings is 1. The van der Waals surface area contributed by atoms with E-state index in [4.69, 9.17) is 0 Å². The quantitative estimate of drug-likeness (QED) is 0.784. The SMILES string of the molecule is CCCn1ccnc1NCC(C1CC1)C1CC1. The predicted molar refractivity (Wildman–Crippen MR) is 69.9 cm³/mol. The number of aryl methyl sites for hydroxylation is 1. The van der Waals surface area contributed by atoms with Crippen LogP contribution in [0.2, 0.25) is 0 Å². The number of nitrogens with one attached hydrogen (secondary N) is 1. The summed E-state index contributed by atoms with van der Waals surface area (Å²) in [6.45, 7) is 4.41. The van der Waals surface area contributed by atoms with E-state index in [1.807, 2.05) is 6.20 Å². The highest BCUT2D eigenvalue weighted by molar-refractivity contribution is 5.26. The zero-order valence-corrected chi connectivity index (χ0v) is 10.7. The third-order valence-corrected chi connectivity index (χ3v) is 4.13. The summed E-state index contributed by atoms with van der Waals surface area (Å²) in [6.07, 6.45) is 11.0. The van der Waals surface area contributed by atoms with Crippen LogP contribution in [0.3, 0.4) is 0 Å². The molecule has 17 heavy (non-hydrogen) atoms. The Morgan fingerprint density at radius 2 is 2.06 bits per heavy atom. The van der Waals surface area contributed by atoms with Gasteiger partial charge in [0.1, 0.15) is 0 Å². The number of anilines is 1. The summed E-state index contributed by atoms with van der Waals surface area (Å²) in [7, 11) is 0. The molecule has 0 spiro atoms. The van der Waals surface area contributed by atoms with Crippen LogP contribution in [0.25, 0.3) is 0 Å². The van der Waals surface area contributed by atoms with E-state index in [0.29, 0.717) is 0 Å². The van der Waals surface area contributed by atoms with E-state index in [0.717, 1.165) is 36.8 Å². The lowest BCUT2D eigenvalue weighted by Crippen LogP contribution is -2.20. The molecule has 3 rings (SSSR count). The van der Waals surface area contributed by atoms with Crippen molar-refractivity contribution < 1.29 is 0 Å². The normalized spacial score (nSPS) is 19.9. The summed E-state index contributed by atoms with van der Waals surface area (Å²) < 4.78 is 2.23. The molecule has 0 aliphatic heterocycles. The van der Waals surface area contributed by atoms with Crippen molar-refractivity contribution in [2.24, 2.45) is 17.8 Å². The molecule has 0 saturated heterocycles. The van der Waals surface area contributed by atoms with Crippen LogP contribution in [0, 0.1) is 17.8 Å². The summed E-state index contributed by atoms with van der Waals surface area (Å²) >= 11 is 0. The molecular weight excluding hydrogens is 210 g/mol. The Morgan fingerprint density at radius 1 is 1.35 bits per heavy atom. The van der Waals surface area contributed by atoms with Gasteiger partial charge in [-0.1, -0.05) is 6.92 Å². The number of hydrogen-bond acceptors (Lipinski definition) is 2. The van der Waals surface area contributed by atoms with Crippen molar-refractivity contribution in [2.75, 3.05) is 11.9 Å². The molecule has 2 aliphatic rings. The van der Waals surface area contributed by atoms with E-state index in [9.17, 15) is 0 Å². The van der Waals surface area contributed by atoms with Crippen molar-refractivity contribution in [1.82, 2.24) is 9.55 Å². The van der Waals surface area contributed by atoms with E-state index in [2.05, 4.69) is 28.0 Å². The minimum atomic E-state index is 0.918. The van der Waals surface area contributed by atoms with Crippen LogP contribution in [-0.4, -0.2) is 16.1 Å². The van der Waals surface area contributed by atoms with Gasteiger partial charge in [0, 0.05) is 25.5 Å². The van der Waals surface area contributed by atoms with Gasteiger partial charge in [-0.15, -0.1) is 0 Å². The van der Waals surface area contributed by atoms with Crippen LogP contribution in [-0.2, 0) is 6.54 Å². The van der Waals surface area contributed by atoms with Crippen molar-refractivity contribution >= 4 is 5.95 Å². The zero-order valence-electron chi connectivity index (χ0n) is 10.7. The predicted octanol–water partition coefficient (Wildman–Crippen LogP) is 3.14. The van der Waals surface area contributed by atoms with E-state index in [1.165, 1.54) is 32.1 Å². The molecule has 0 amide bonds. The van der Waals surface area contributed by atoms with Crippen LogP contribution >= 0.6 is 0 Å². The second kappa shape index (κ2) is 4.71. The summed E-state index contributed by atoms with van der Waals surface area (Å²) in [5.74, 6) is 4.02. The molecule has 94 valence electrons. The molecule has 0 unspecified atom stereocenters. The largest absolute Gasteiger partial charge is 0.355 e. The fourth-order valence-corrected chi connectivity index (χ4v) is 2.87. The Kier molecular flexibility index (Phi) is 3.08. The highest BCUT2D eigenvalue weighted by atomic mass is 15.2. The van der Waals surface area contributed by atoms with Gasteiger partial charge in [0.15, 0.2) is 0 Å². The van der Waals surface area contributed by atoms with E-state index in [-0.39, 0.29) is 0 Å². The number of rotatable bonds is 7. The van der Waals surface area contributed by atoms with Gasteiger partial charge in [-0.25, -0.2) is 4.98 Å². The first-order valence-electron chi connectivity index (χ1n) is 7.13. The Morgan fingerprint density at radius 3 is 2.65 bits per heavy atom.